The molecule has 4 N–H and O–H groups in total. The van der Waals surface area contributed by atoms with E-state index in [0.717, 1.165) is 29.7 Å². The van der Waals surface area contributed by atoms with Gasteiger partial charge in [0.15, 0.2) is 0 Å². The van der Waals surface area contributed by atoms with Gasteiger partial charge in [-0.05, 0) is 24.6 Å². The van der Waals surface area contributed by atoms with Gasteiger partial charge >= 0.3 is 5.97 Å². The third-order valence-electron chi connectivity index (χ3n) is 4.97. The Hall–Kier alpha value is -3.10. The van der Waals surface area contributed by atoms with Crippen LogP contribution in [0.1, 0.15) is 42.1 Å². The summed E-state index contributed by atoms with van der Waals surface area (Å²) >= 11 is 0. The SMILES string of the molecule is CCCCOC(=O)CCNC(=O)c1ccc2c(c1)nc(-c1ccc(C(=N)N)cc1)n2C.Cl.Cl. The number of hydrogen-bond acceptors (Lipinski definition) is 5. The van der Waals surface area contributed by atoms with Gasteiger partial charge in [0.2, 0.25) is 0 Å². The van der Waals surface area contributed by atoms with Crippen molar-refractivity contribution in [3.05, 3.63) is 53.6 Å². The minimum atomic E-state index is -0.311. The zero-order valence-electron chi connectivity index (χ0n) is 18.6. The second-order valence-electron chi connectivity index (χ2n) is 7.27. The summed E-state index contributed by atoms with van der Waals surface area (Å²) in [6.07, 6.45) is 1.94. The van der Waals surface area contributed by atoms with Gasteiger partial charge in [-0.3, -0.25) is 15.0 Å². The number of amides is 1. The molecular weight excluding hydrogens is 465 g/mol. The summed E-state index contributed by atoms with van der Waals surface area (Å²) in [5.74, 6) is 0.189. The van der Waals surface area contributed by atoms with Crippen LogP contribution in [-0.4, -0.2) is 40.4 Å². The molecule has 0 saturated heterocycles. The smallest absolute Gasteiger partial charge is 0.307 e. The summed E-state index contributed by atoms with van der Waals surface area (Å²) < 4.78 is 7.03. The molecule has 0 atom stereocenters. The Morgan fingerprint density at radius 3 is 2.42 bits per heavy atom. The maximum absolute atomic E-state index is 12.5. The average Bonchev–Trinajstić information content (AvgIpc) is 3.09. The van der Waals surface area contributed by atoms with Gasteiger partial charge in [-0.15, -0.1) is 24.8 Å². The maximum atomic E-state index is 12.5. The fourth-order valence-electron chi connectivity index (χ4n) is 3.18. The van der Waals surface area contributed by atoms with E-state index in [1.807, 2.05) is 36.7 Å². The number of nitrogens with two attached hydrogens (primary N) is 1. The number of aryl methyl sites for hydroxylation is 1. The predicted molar refractivity (Wildman–Crippen MR) is 134 cm³/mol. The molecule has 2 aromatic carbocycles. The van der Waals surface area contributed by atoms with Crippen molar-refractivity contribution in [2.75, 3.05) is 13.2 Å². The second kappa shape index (κ2) is 12.8. The molecule has 0 aliphatic carbocycles. The van der Waals surface area contributed by atoms with E-state index in [-0.39, 0.29) is 55.5 Å². The number of fused-ring (bicyclic) bond motifs is 1. The molecule has 1 heterocycles. The number of esters is 1. The van der Waals surface area contributed by atoms with E-state index < -0.39 is 0 Å². The molecule has 0 aliphatic rings. The van der Waals surface area contributed by atoms with Crippen LogP contribution in [0.3, 0.4) is 0 Å². The molecule has 0 fully saturated rings. The van der Waals surface area contributed by atoms with Gasteiger partial charge in [0.05, 0.1) is 24.1 Å². The molecule has 0 bridgehead atoms. The second-order valence-corrected chi connectivity index (χ2v) is 7.27. The van der Waals surface area contributed by atoms with Crippen molar-refractivity contribution in [1.82, 2.24) is 14.9 Å². The third-order valence-corrected chi connectivity index (χ3v) is 4.97. The first kappa shape index (κ1) is 27.9. The van der Waals surface area contributed by atoms with E-state index in [1.54, 1.807) is 24.3 Å². The highest BCUT2D eigenvalue weighted by atomic mass is 35.5. The van der Waals surface area contributed by atoms with Crippen LogP contribution >= 0.6 is 24.8 Å². The molecule has 0 aliphatic heterocycles. The van der Waals surface area contributed by atoms with E-state index in [9.17, 15) is 9.59 Å². The molecule has 1 amide bonds. The van der Waals surface area contributed by atoms with Crippen molar-refractivity contribution in [1.29, 1.82) is 5.41 Å². The molecular formula is C23H29Cl2N5O3. The summed E-state index contributed by atoms with van der Waals surface area (Å²) in [7, 11) is 1.91. The summed E-state index contributed by atoms with van der Waals surface area (Å²) in [5.41, 5.74) is 9.11. The van der Waals surface area contributed by atoms with Crippen LogP contribution in [0.5, 0.6) is 0 Å². The number of nitrogens with one attached hydrogen (secondary N) is 2. The third kappa shape index (κ3) is 6.94. The Balaban J connectivity index is 0.00000272. The number of nitrogens with zero attached hydrogens (tertiary/aromatic N) is 2. The van der Waals surface area contributed by atoms with Crippen LogP contribution in [0.4, 0.5) is 0 Å². The molecule has 33 heavy (non-hydrogen) atoms. The number of benzene rings is 2. The lowest BCUT2D eigenvalue weighted by molar-refractivity contribution is -0.143. The fourth-order valence-corrected chi connectivity index (χ4v) is 3.18. The van der Waals surface area contributed by atoms with Gasteiger partial charge in [-0.25, -0.2) is 4.98 Å². The van der Waals surface area contributed by atoms with Crippen molar-refractivity contribution >= 4 is 53.6 Å². The van der Waals surface area contributed by atoms with Crippen LogP contribution < -0.4 is 11.1 Å². The molecule has 178 valence electrons. The molecule has 8 nitrogen and oxygen atoms in total. The summed E-state index contributed by atoms with van der Waals surface area (Å²) in [4.78, 5) is 28.8. The van der Waals surface area contributed by atoms with Gasteiger partial charge in [-0.2, -0.15) is 0 Å². The number of amidine groups is 1. The molecule has 1 aromatic heterocycles. The van der Waals surface area contributed by atoms with Crippen molar-refractivity contribution in [2.45, 2.75) is 26.2 Å². The summed E-state index contributed by atoms with van der Waals surface area (Å²) in [5, 5.41) is 10.3. The predicted octanol–water partition coefficient (Wildman–Crippen LogP) is 3.83. The van der Waals surface area contributed by atoms with Crippen LogP contribution in [0.25, 0.3) is 22.4 Å². The molecule has 0 spiro atoms. The number of imidazole rings is 1. The van der Waals surface area contributed by atoms with E-state index >= 15 is 0 Å². The number of halogens is 2. The number of rotatable bonds is 9. The minimum Gasteiger partial charge on any atom is -0.466 e. The minimum absolute atomic E-state index is 0. The lowest BCUT2D eigenvalue weighted by Gasteiger charge is -2.06. The number of hydrogen-bond donors (Lipinski definition) is 3. The van der Waals surface area contributed by atoms with E-state index in [1.165, 1.54) is 0 Å². The van der Waals surface area contributed by atoms with Crippen molar-refractivity contribution < 1.29 is 14.3 Å². The van der Waals surface area contributed by atoms with Crippen LogP contribution in [0.2, 0.25) is 0 Å². The lowest BCUT2D eigenvalue weighted by Crippen LogP contribution is -2.26. The summed E-state index contributed by atoms with van der Waals surface area (Å²) in [6, 6.07) is 12.6. The Morgan fingerprint density at radius 2 is 1.79 bits per heavy atom. The Labute approximate surface area is 205 Å². The lowest BCUT2D eigenvalue weighted by atomic mass is 10.1. The standard InChI is InChI=1S/C23H27N5O3.2ClH/c1-3-4-13-31-20(29)11-12-26-23(30)17-9-10-19-18(14-17)27-22(28(19)2)16-7-5-15(6-8-16)21(24)25;;/h5-10,14H,3-4,11-13H2,1-2H3,(H3,24,25)(H,26,30);2*1H. The topological polar surface area (TPSA) is 123 Å². The van der Waals surface area contributed by atoms with Gasteiger partial charge in [0, 0.05) is 30.3 Å². The zero-order chi connectivity index (χ0) is 22.4. The number of nitrogen functional groups attached to an aromatic ring is 1. The quantitative estimate of drug-likeness (QED) is 0.181. The maximum Gasteiger partial charge on any atom is 0.307 e. The first-order valence-electron chi connectivity index (χ1n) is 10.3. The zero-order valence-corrected chi connectivity index (χ0v) is 20.2. The fraction of sp³-hybridized carbons (Fsp3) is 0.304. The molecule has 3 rings (SSSR count). The first-order valence-corrected chi connectivity index (χ1v) is 10.3. The van der Waals surface area contributed by atoms with Crippen molar-refractivity contribution in [2.24, 2.45) is 12.8 Å². The highest BCUT2D eigenvalue weighted by molar-refractivity contribution is 5.98. The first-order chi connectivity index (χ1) is 14.9. The monoisotopic (exact) mass is 493 g/mol. The summed E-state index contributed by atoms with van der Waals surface area (Å²) in [6.45, 7) is 2.66. The van der Waals surface area contributed by atoms with Crippen LogP contribution in [0.15, 0.2) is 42.5 Å². The number of carbonyl (C=O) groups is 2. The normalized spacial score (nSPS) is 10.1. The Morgan fingerprint density at radius 1 is 1.12 bits per heavy atom. The number of carbonyl (C=O) groups excluding carboxylic acids is 2. The molecule has 3 aromatic rings. The largest absolute Gasteiger partial charge is 0.466 e. The molecule has 0 radical (unpaired) electrons. The Bertz CT molecular complexity index is 1110. The van der Waals surface area contributed by atoms with Crippen LogP contribution in [-0.2, 0) is 16.6 Å². The van der Waals surface area contributed by atoms with Gasteiger partial charge in [-0.1, -0.05) is 37.6 Å². The molecule has 0 unspecified atom stereocenters. The van der Waals surface area contributed by atoms with Gasteiger partial charge < -0.3 is 20.4 Å². The average molecular weight is 494 g/mol. The van der Waals surface area contributed by atoms with Gasteiger partial charge in [0.1, 0.15) is 11.7 Å². The molecule has 0 saturated carbocycles. The van der Waals surface area contributed by atoms with Crippen molar-refractivity contribution in [3.8, 4) is 11.4 Å². The number of unbranched alkanes of at least 4 members (excludes halogenated alkanes) is 1. The van der Waals surface area contributed by atoms with E-state index in [0.29, 0.717) is 23.3 Å². The Kier molecular flexibility index (Phi) is 10.8. The van der Waals surface area contributed by atoms with Crippen LogP contribution in [0, 0.1) is 5.41 Å². The van der Waals surface area contributed by atoms with E-state index in [4.69, 9.17) is 15.9 Å². The van der Waals surface area contributed by atoms with Gasteiger partial charge in [0.25, 0.3) is 5.91 Å². The molecule has 10 heteroatoms. The number of aromatic nitrogens is 2. The number of ether oxygens (including phenoxy) is 1. The highest BCUT2D eigenvalue weighted by Crippen LogP contribution is 2.24. The van der Waals surface area contributed by atoms with E-state index in [2.05, 4.69) is 10.3 Å². The highest BCUT2D eigenvalue weighted by Gasteiger charge is 2.13. The van der Waals surface area contributed by atoms with Crippen molar-refractivity contribution in [3.63, 3.8) is 0 Å².